The monoisotopic (exact) mass is 434 g/mol. The Bertz CT molecular complexity index is 1070. The number of nitrogens with zero attached hydrogens (tertiary/aromatic N) is 1. The minimum absolute atomic E-state index is 0.0127. The van der Waals surface area contributed by atoms with Crippen LogP contribution in [0.2, 0.25) is 0 Å². The number of hydrogen-bond donors (Lipinski definition) is 1. The van der Waals surface area contributed by atoms with Crippen molar-refractivity contribution in [1.29, 1.82) is 0 Å². The lowest BCUT2D eigenvalue weighted by atomic mass is 10.1. The standard InChI is InChI=1S/C20H22N2O7S/c1-26-15-4-6-17(27-2)19(9-15)30(24,25)21-10-13-7-20(23)22(11-13)14-3-5-16-18(8-14)29-12-28-16/h3-6,8-9,13,21H,7,10-12H2,1-2H3. The highest BCUT2D eigenvalue weighted by atomic mass is 32.2. The van der Waals surface area contributed by atoms with Crippen molar-refractivity contribution >= 4 is 21.6 Å². The van der Waals surface area contributed by atoms with E-state index in [4.69, 9.17) is 18.9 Å². The predicted octanol–water partition coefficient (Wildman–Crippen LogP) is 1.76. The summed E-state index contributed by atoms with van der Waals surface area (Å²) >= 11 is 0. The Kier molecular flexibility index (Phi) is 5.44. The first-order valence-corrected chi connectivity index (χ1v) is 10.8. The van der Waals surface area contributed by atoms with Crippen LogP contribution in [0.15, 0.2) is 41.3 Å². The number of hydrogen-bond acceptors (Lipinski definition) is 7. The van der Waals surface area contributed by atoms with Crippen molar-refractivity contribution in [3.05, 3.63) is 36.4 Å². The molecule has 4 rings (SSSR count). The summed E-state index contributed by atoms with van der Waals surface area (Å²) in [5.74, 6) is 1.61. The molecule has 10 heteroatoms. The molecule has 2 aromatic rings. The van der Waals surface area contributed by atoms with Gasteiger partial charge in [-0.1, -0.05) is 0 Å². The maximum atomic E-state index is 12.8. The summed E-state index contributed by atoms with van der Waals surface area (Å²) in [6.45, 7) is 0.677. The molecule has 0 radical (unpaired) electrons. The first kappa shape index (κ1) is 20.3. The molecular formula is C20H22N2O7S. The zero-order valence-corrected chi connectivity index (χ0v) is 17.4. The second-order valence-corrected chi connectivity index (χ2v) is 8.72. The van der Waals surface area contributed by atoms with Crippen LogP contribution in [0.5, 0.6) is 23.0 Å². The highest BCUT2D eigenvalue weighted by Crippen LogP contribution is 2.37. The quantitative estimate of drug-likeness (QED) is 0.708. The van der Waals surface area contributed by atoms with Gasteiger partial charge in [0.15, 0.2) is 11.5 Å². The number of nitrogens with one attached hydrogen (secondary N) is 1. The van der Waals surface area contributed by atoms with Gasteiger partial charge in [-0.15, -0.1) is 0 Å². The molecule has 1 amide bonds. The predicted molar refractivity (Wildman–Crippen MR) is 108 cm³/mol. The van der Waals surface area contributed by atoms with Crippen molar-refractivity contribution in [2.75, 3.05) is 39.0 Å². The van der Waals surface area contributed by atoms with Crippen LogP contribution in [-0.2, 0) is 14.8 Å². The van der Waals surface area contributed by atoms with Gasteiger partial charge in [-0.2, -0.15) is 0 Å². The Morgan fingerprint density at radius 1 is 1.10 bits per heavy atom. The van der Waals surface area contributed by atoms with Crippen LogP contribution in [0.4, 0.5) is 5.69 Å². The average Bonchev–Trinajstić information content (AvgIpc) is 3.37. The smallest absolute Gasteiger partial charge is 0.244 e. The van der Waals surface area contributed by atoms with Gasteiger partial charge in [0, 0.05) is 37.3 Å². The van der Waals surface area contributed by atoms with Crippen molar-refractivity contribution in [3.63, 3.8) is 0 Å². The van der Waals surface area contributed by atoms with E-state index in [-0.39, 0.29) is 42.2 Å². The van der Waals surface area contributed by atoms with Crippen LogP contribution < -0.4 is 28.6 Å². The highest BCUT2D eigenvalue weighted by Gasteiger charge is 2.33. The van der Waals surface area contributed by atoms with Crippen molar-refractivity contribution in [2.24, 2.45) is 5.92 Å². The molecule has 0 saturated carbocycles. The van der Waals surface area contributed by atoms with Crippen LogP contribution in [0.25, 0.3) is 0 Å². The van der Waals surface area contributed by atoms with Crippen LogP contribution in [0.1, 0.15) is 6.42 Å². The number of ether oxygens (including phenoxy) is 4. The molecule has 30 heavy (non-hydrogen) atoms. The average molecular weight is 434 g/mol. The first-order valence-electron chi connectivity index (χ1n) is 9.33. The number of fused-ring (bicyclic) bond motifs is 1. The number of methoxy groups -OCH3 is 2. The summed E-state index contributed by atoms with van der Waals surface area (Å²) in [7, 11) is -0.991. The molecular weight excluding hydrogens is 412 g/mol. The molecule has 2 heterocycles. The van der Waals surface area contributed by atoms with Crippen LogP contribution in [-0.4, -0.2) is 48.4 Å². The number of rotatable bonds is 7. The Labute approximate surface area is 174 Å². The summed E-state index contributed by atoms with van der Waals surface area (Å²) in [5, 5.41) is 0. The van der Waals surface area contributed by atoms with E-state index >= 15 is 0 Å². The number of amides is 1. The molecule has 1 unspecified atom stereocenters. The van der Waals surface area contributed by atoms with E-state index in [0.717, 1.165) is 0 Å². The second-order valence-electron chi connectivity index (χ2n) is 6.98. The second kappa shape index (κ2) is 8.04. The van der Waals surface area contributed by atoms with E-state index in [1.165, 1.54) is 26.4 Å². The molecule has 1 atom stereocenters. The lowest BCUT2D eigenvalue weighted by Gasteiger charge is -2.18. The van der Waals surface area contributed by atoms with Crippen LogP contribution >= 0.6 is 0 Å². The van der Waals surface area contributed by atoms with Gasteiger partial charge >= 0.3 is 0 Å². The zero-order valence-electron chi connectivity index (χ0n) is 16.6. The number of carbonyl (C=O) groups excluding carboxylic acids is 1. The SMILES string of the molecule is COc1ccc(OC)c(S(=O)(=O)NCC2CC(=O)N(c3ccc4c(c3)OCO4)C2)c1. The van der Waals surface area contributed by atoms with E-state index in [2.05, 4.69) is 4.72 Å². The van der Waals surface area contributed by atoms with Crippen LogP contribution in [0, 0.1) is 5.92 Å². The van der Waals surface area contributed by atoms with Gasteiger partial charge in [0.1, 0.15) is 16.4 Å². The van der Waals surface area contributed by atoms with Gasteiger partial charge in [-0.05, 0) is 30.2 Å². The van der Waals surface area contributed by atoms with Crippen molar-refractivity contribution in [3.8, 4) is 23.0 Å². The molecule has 1 fully saturated rings. The summed E-state index contributed by atoms with van der Waals surface area (Å²) in [5.41, 5.74) is 0.698. The fraction of sp³-hybridized carbons (Fsp3) is 0.350. The molecule has 1 N–H and O–H groups in total. The first-order chi connectivity index (χ1) is 14.4. The maximum absolute atomic E-state index is 12.8. The third-order valence-electron chi connectivity index (χ3n) is 5.10. The molecule has 0 bridgehead atoms. The largest absolute Gasteiger partial charge is 0.497 e. The molecule has 0 spiro atoms. The van der Waals surface area contributed by atoms with Gasteiger partial charge in [0.25, 0.3) is 0 Å². The van der Waals surface area contributed by atoms with Crippen molar-refractivity contribution in [2.45, 2.75) is 11.3 Å². The summed E-state index contributed by atoms with van der Waals surface area (Å²) in [6, 6.07) is 9.87. The molecule has 0 aromatic heterocycles. The number of carbonyl (C=O) groups is 1. The topological polar surface area (TPSA) is 103 Å². The Morgan fingerprint density at radius 2 is 1.90 bits per heavy atom. The minimum atomic E-state index is -3.85. The third-order valence-corrected chi connectivity index (χ3v) is 6.54. The number of sulfonamides is 1. The normalized spacial score (nSPS) is 18.0. The number of anilines is 1. The molecule has 2 aliphatic rings. The van der Waals surface area contributed by atoms with Gasteiger partial charge in [0.05, 0.1) is 14.2 Å². The molecule has 9 nitrogen and oxygen atoms in total. The fourth-order valence-electron chi connectivity index (χ4n) is 3.52. The lowest BCUT2D eigenvalue weighted by molar-refractivity contribution is -0.117. The molecule has 2 aliphatic heterocycles. The van der Waals surface area contributed by atoms with E-state index < -0.39 is 10.0 Å². The fourth-order valence-corrected chi connectivity index (χ4v) is 4.82. The van der Waals surface area contributed by atoms with Gasteiger partial charge < -0.3 is 23.8 Å². The van der Waals surface area contributed by atoms with E-state index in [1.54, 1.807) is 29.2 Å². The van der Waals surface area contributed by atoms with Gasteiger partial charge in [-0.25, -0.2) is 13.1 Å². The van der Waals surface area contributed by atoms with E-state index in [1.807, 2.05) is 0 Å². The Morgan fingerprint density at radius 3 is 2.67 bits per heavy atom. The minimum Gasteiger partial charge on any atom is -0.497 e. The lowest BCUT2D eigenvalue weighted by Crippen LogP contribution is -2.31. The summed E-state index contributed by atoms with van der Waals surface area (Å²) in [6.07, 6.45) is 0.242. The third kappa shape index (κ3) is 3.88. The van der Waals surface area contributed by atoms with Gasteiger partial charge in [-0.3, -0.25) is 4.79 Å². The molecule has 2 aromatic carbocycles. The number of benzene rings is 2. The summed E-state index contributed by atoms with van der Waals surface area (Å²) in [4.78, 5) is 14.1. The molecule has 0 aliphatic carbocycles. The van der Waals surface area contributed by atoms with Crippen molar-refractivity contribution in [1.82, 2.24) is 4.72 Å². The zero-order chi connectivity index (χ0) is 21.3. The highest BCUT2D eigenvalue weighted by molar-refractivity contribution is 7.89. The van der Waals surface area contributed by atoms with Gasteiger partial charge in [0.2, 0.25) is 22.7 Å². The summed E-state index contributed by atoms with van der Waals surface area (Å²) < 4.78 is 49.2. The van der Waals surface area contributed by atoms with E-state index in [9.17, 15) is 13.2 Å². The van der Waals surface area contributed by atoms with Crippen LogP contribution in [0.3, 0.4) is 0 Å². The molecule has 160 valence electrons. The van der Waals surface area contributed by atoms with E-state index in [0.29, 0.717) is 29.5 Å². The Balaban J connectivity index is 1.45. The Hall–Kier alpha value is -2.98. The molecule has 1 saturated heterocycles. The van der Waals surface area contributed by atoms with Crippen molar-refractivity contribution < 1.29 is 32.2 Å². The maximum Gasteiger partial charge on any atom is 0.244 e.